The van der Waals surface area contributed by atoms with E-state index in [2.05, 4.69) is 15.8 Å². The number of amides is 1. The highest BCUT2D eigenvalue weighted by Gasteiger charge is 2.13. The molecule has 0 unspecified atom stereocenters. The predicted molar refractivity (Wildman–Crippen MR) is 80.8 cm³/mol. The van der Waals surface area contributed by atoms with Crippen LogP contribution in [0.15, 0.2) is 28.8 Å². The summed E-state index contributed by atoms with van der Waals surface area (Å²) in [5, 5.41) is 20.0. The molecule has 0 aliphatic carbocycles. The second-order valence-corrected chi connectivity index (χ2v) is 4.68. The van der Waals surface area contributed by atoms with Gasteiger partial charge < -0.3 is 15.2 Å². The van der Waals surface area contributed by atoms with Gasteiger partial charge in [-0.1, -0.05) is 18.1 Å². The summed E-state index contributed by atoms with van der Waals surface area (Å²) >= 11 is 0. The molecule has 0 atom stereocenters. The molecule has 0 aliphatic rings. The van der Waals surface area contributed by atoms with Crippen molar-refractivity contribution in [1.82, 2.24) is 5.16 Å². The van der Waals surface area contributed by atoms with Gasteiger partial charge >= 0.3 is 0 Å². The predicted octanol–water partition coefficient (Wildman–Crippen LogP) is 2.50. The topological polar surface area (TPSA) is 110 Å². The number of nitro groups is 1. The molecular formula is C14H16N4O4. The Hall–Kier alpha value is -2.90. The average Bonchev–Trinajstić information content (AvgIpc) is 2.89. The summed E-state index contributed by atoms with van der Waals surface area (Å²) in [6.45, 7) is 3.53. The lowest BCUT2D eigenvalue weighted by molar-refractivity contribution is -0.385. The van der Waals surface area contributed by atoms with Crippen LogP contribution in [0.25, 0.3) is 0 Å². The van der Waals surface area contributed by atoms with E-state index in [0.29, 0.717) is 29.2 Å². The standard InChI is InChI=1S/C14H16N4O4/c1-3-10-4-5-11(7-12(10)18(20)21)15-8-14(19)16-13-6-9(2)22-17-13/h4-7,15H,3,8H2,1-2H3,(H,16,17,19). The van der Waals surface area contributed by atoms with E-state index in [1.54, 1.807) is 25.1 Å². The summed E-state index contributed by atoms with van der Waals surface area (Å²) in [6, 6.07) is 6.41. The minimum Gasteiger partial charge on any atom is -0.376 e. The minimum atomic E-state index is -0.428. The van der Waals surface area contributed by atoms with Gasteiger partial charge in [0.15, 0.2) is 5.82 Å². The van der Waals surface area contributed by atoms with Crippen LogP contribution in [0, 0.1) is 17.0 Å². The van der Waals surface area contributed by atoms with Crippen molar-refractivity contribution in [3.8, 4) is 0 Å². The fraction of sp³-hybridized carbons (Fsp3) is 0.286. The third-order valence-electron chi connectivity index (χ3n) is 3.01. The lowest BCUT2D eigenvalue weighted by Gasteiger charge is -2.07. The second kappa shape index (κ2) is 6.70. The molecule has 0 saturated heterocycles. The number of carbonyl (C=O) groups excluding carboxylic acids is 1. The van der Waals surface area contributed by atoms with E-state index >= 15 is 0 Å². The molecule has 0 spiro atoms. The van der Waals surface area contributed by atoms with Crippen molar-refractivity contribution in [3.63, 3.8) is 0 Å². The fourth-order valence-corrected chi connectivity index (χ4v) is 1.94. The third-order valence-corrected chi connectivity index (χ3v) is 3.01. The normalized spacial score (nSPS) is 10.3. The molecule has 1 aromatic heterocycles. The number of nitrogens with one attached hydrogen (secondary N) is 2. The van der Waals surface area contributed by atoms with Gasteiger partial charge in [-0.2, -0.15) is 0 Å². The molecular weight excluding hydrogens is 288 g/mol. The number of nitrogens with zero attached hydrogens (tertiary/aromatic N) is 2. The molecule has 0 aliphatic heterocycles. The van der Waals surface area contributed by atoms with Crippen LogP contribution < -0.4 is 10.6 Å². The van der Waals surface area contributed by atoms with Crippen molar-refractivity contribution in [2.45, 2.75) is 20.3 Å². The number of hydrogen-bond acceptors (Lipinski definition) is 6. The number of aryl methyl sites for hydroxylation is 2. The first kappa shape index (κ1) is 15.5. The van der Waals surface area contributed by atoms with Crippen LogP contribution in [0.2, 0.25) is 0 Å². The maximum Gasteiger partial charge on any atom is 0.274 e. The zero-order chi connectivity index (χ0) is 16.1. The quantitative estimate of drug-likeness (QED) is 0.626. The molecule has 22 heavy (non-hydrogen) atoms. The average molecular weight is 304 g/mol. The fourth-order valence-electron chi connectivity index (χ4n) is 1.94. The number of hydrogen-bond donors (Lipinski definition) is 2. The van der Waals surface area contributed by atoms with Crippen molar-refractivity contribution in [3.05, 3.63) is 45.7 Å². The van der Waals surface area contributed by atoms with Gasteiger partial charge in [0, 0.05) is 23.4 Å². The van der Waals surface area contributed by atoms with Crippen molar-refractivity contribution >= 4 is 23.1 Å². The Kier molecular flexibility index (Phi) is 4.72. The van der Waals surface area contributed by atoms with Crippen molar-refractivity contribution in [1.29, 1.82) is 0 Å². The lowest BCUT2D eigenvalue weighted by Crippen LogP contribution is -2.21. The van der Waals surface area contributed by atoms with Gasteiger partial charge in [-0.05, 0) is 19.4 Å². The van der Waals surface area contributed by atoms with Gasteiger partial charge in [0.25, 0.3) is 5.69 Å². The Labute approximate surface area is 126 Å². The summed E-state index contributed by atoms with van der Waals surface area (Å²) in [5.74, 6) is 0.598. The molecule has 1 amide bonds. The van der Waals surface area contributed by atoms with Crippen LogP contribution in [0.5, 0.6) is 0 Å². The smallest absolute Gasteiger partial charge is 0.274 e. The van der Waals surface area contributed by atoms with Crippen molar-refractivity contribution in [2.24, 2.45) is 0 Å². The van der Waals surface area contributed by atoms with Crippen LogP contribution in [0.4, 0.5) is 17.2 Å². The zero-order valence-corrected chi connectivity index (χ0v) is 12.3. The van der Waals surface area contributed by atoms with Crippen LogP contribution in [-0.2, 0) is 11.2 Å². The Bertz CT molecular complexity index is 696. The first-order valence-electron chi connectivity index (χ1n) is 6.74. The van der Waals surface area contributed by atoms with E-state index in [1.165, 1.54) is 6.07 Å². The lowest BCUT2D eigenvalue weighted by atomic mass is 10.1. The van der Waals surface area contributed by atoms with E-state index in [-0.39, 0.29) is 18.1 Å². The molecule has 2 N–H and O–H groups in total. The van der Waals surface area contributed by atoms with Crippen molar-refractivity contribution in [2.75, 3.05) is 17.2 Å². The van der Waals surface area contributed by atoms with E-state index in [0.717, 1.165) is 0 Å². The van der Waals surface area contributed by atoms with E-state index in [1.807, 2.05) is 6.92 Å². The summed E-state index contributed by atoms with van der Waals surface area (Å²) in [7, 11) is 0. The molecule has 0 fully saturated rings. The molecule has 1 aromatic carbocycles. The van der Waals surface area contributed by atoms with Gasteiger partial charge in [-0.3, -0.25) is 14.9 Å². The van der Waals surface area contributed by atoms with E-state index in [9.17, 15) is 14.9 Å². The minimum absolute atomic E-state index is 0.0332. The van der Waals surface area contributed by atoms with E-state index < -0.39 is 4.92 Å². The summed E-state index contributed by atoms with van der Waals surface area (Å²) in [6.07, 6.45) is 0.572. The third kappa shape index (κ3) is 3.81. The van der Waals surface area contributed by atoms with Crippen LogP contribution in [0.1, 0.15) is 18.2 Å². The maximum atomic E-state index is 11.7. The number of rotatable bonds is 6. The van der Waals surface area contributed by atoms with Crippen LogP contribution >= 0.6 is 0 Å². The second-order valence-electron chi connectivity index (χ2n) is 4.68. The first-order chi connectivity index (χ1) is 10.5. The Morgan fingerprint density at radius 3 is 2.77 bits per heavy atom. The molecule has 0 radical (unpaired) electrons. The SMILES string of the molecule is CCc1ccc(NCC(=O)Nc2cc(C)on2)cc1[N+](=O)[O-]. The first-order valence-corrected chi connectivity index (χ1v) is 6.74. The Balaban J connectivity index is 1.97. The molecule has 8 heteroatoms. The highest BCUT2D eigenvalue weighted by atomic mass is 16.6. The van der Waals surface area contributed by atoms with Crippen LogP contribution in [-0.4, -0.2) is 22.5 Å². The van der Waals surface area contributed by atoms with Gasteiger partial charge in [0.2, 0.25) is 5.91 Å². The zero-order valence-electron chi connectivity index (χ0n) is 12.3. The molecule has 2 aromatic rings. The van der Waals surface area contributed by atoms with Crippen molar-refractivity contribution < 1.29 is 14.2 Å². The Morgan fingerprint density at radius 2 is 2.18 bits per heavy atom. The number of benzene rings is 1. The highest BCUT2D eigenvalue weighted by Crippen LogP contribution is 2.23. The summed E-state index contributed by atoms with van der Waals surface area (Å²) in [5.41, 5.74) is 1.20. The number of nitro benzene ring substituents is 1. The number of anilines is 2. The maximum absolute atomic E-state index is 11.7. The molecule has 0 saturated carbocycles. The Morgan fingerprint density at radius 1 is 1.41 bits per heavy atom. The van der Waals surface area contributed by atoms with Gasteiger partial charge in [-0.15, -0.1) is 0 Å². The van der Waals surface area contributed by atoms with Gasteiger partial charge in [-0.25, -0.2) is 0 Å². The molecule has 0 bridgehead atoms. The number of aromatic nitrogens is 1. The highest BCUT2D eigenvalue weighted by molar-refractivity contribution is 5.92. The van der Waals surface area contributed by atoms with Gasteiger partial charge in [0.1, 0.15) is 5.76 Å². The largest absolute Gasteiger partial charge is 0.376 e. The summed E-state index contributed by atoms with van der Waals surface area (Å²) < 4.78 is 4.84. The molecule has 2 rings (SSSR count). The molecule has 8 nitrogen and oxygen atoms in total. The molecule has 116 valence electrons. The van der Waals surface area contributed by atoms with E-state index in [4.69, 9.17) is 4.52 Å². The van der Waals surface area contributed by atoms with Crippen LogP contribution in [0.3, 0.4) is 0 Å². The van der Waals surface area contributed by atoms with Gasteiger partial charge in [0.05, 0.1) is 11.5 Å². The molecule has 1 heterocycles. The monoisotopic (exact) mass is 304 g/mol. The summed E-state index contributed by atoms with van der Waals surface area (Å²) in [4.78, 5) is 22.3. The number of carbonyl (C=O) groups is 1.